The third kappa shape index (κ3) is 2.93. The maximum absolute atomic E-state index is 14.0. The number of hydrogen-bond donors (Lipinski definition) is 2. The predicted molar refractivity (Wildman–Crippen MR) is 129 cm³/mol. The molecule has 0 bridgehead atoms. The van der Waals surface area contributed by atoms with Crippen molar-refractivity contribution in [2.45, 2.75) is 57.0 Å². The number of aromatic nitrogens is 1. The minimum Gasteiger partial charge on any atom is -0.494 e. The first-order valence-corrected chi connectivity index (χ1v) is 12.0. The third-order valence-electron chi connectivity index (χ3n) is 8.31. The van der Waals surface area contributed by atoms with E-state index in [1.54, 1.807) is 24.6 Å². The number of methoxy groups -OCH3 is 1. The van der Waals surface area contributed by atoms with Gasteiger partial charge in [-0.15, -0.1) is 0 Å². The van der Waals surface area contributed by atoms with Crippen LogP contribution < -0.4 is 15.6 Å². The molecule has 37 heavy (non-hydrogen) atoms. The van der Waals surface area contributed by atoms with E-state index in [4.69, 9.17) is 9.47 Å². The summed E-state index contributed by atoms with van der Waals surface area (Å²) in [4.78, 5) is 26.0. The van der Waals surface area contributed by atoms with Gasteiger partial charge in [0, 0.05) is 29.2 Å². The molecule has 1 aromatic heterocycles. The molecule has 1 saturated carbocycles. The van der Waals surface area contributed by atoms with Gasteiger partial charge >= 0.3 is 12.1 Å². The summed E-state index contributed by atoms with van der Waals surface area (Å²) in [5.74, 6) is -1.08. The zero-order valence-corrected chi connectivity index (χ0v) is 20.7. The van der Waals surface area contributed by atoms with Gasteiger partial charge in [0.05, 0.1) is 36.2 Å². The zero-order chi connectivity index (χ0) is 26.7. The Kier molecular flexibility index (Phi) is 4.69. The van der Waals surface area contributed by atoms with E-state index in [1.165, 1.54) is 13.2 Å². The molecule has 1 fully saturated rings. The summed E-state index contributed by atoms with van der Waals surface area (Å²) in [6.45, 7) is 3.53. The largest absolute Gasteiger partial charge is 0.494 e. The minimum absolute atomic E-state index is 0.0328. The number of nitrogens with zero attached hydrogens (tertiary/aromatic N) is 1. The number of carbonyl (C=O) groups is 1. The maximum Gasteiger partial charge on any atom is 0.420 e. The molecule has 0 amide bonds. The van der Waals surface area contributed by atoms with Gasteiger partial charge in [-0.1, -0.05) is 13.8 Å². The Morgan fingerprint density at radius 3 is 2.59 bits per heavy atom. The van der Waals surface area contributed by atoms with Crippen LogP contribution in [0.25, 0.3) is 11.6 Å². The monoisotopic (exact) mass is 514 g/mol. The van der Waals surface area contributed by atoms with Crippen molar-refractivity contribution in [1.82, 2.24) is 4.57 Å². The number of aliphatic hydroxyl groups is 1. The molecule has 10 heteroatoms. The molecule has 2 atom stereocenters. The Balaban J connectivity index is 1.63. The van der Waals surface area contributed by atoms with Gasteiger partial charge in [-0.25, -0.2) is 4.79 Å². The molecule has 0 radical (unpaired) electrons. The molecule has 4 aliphatic rings. The molecule has 6 rings (SSSR count). The number of fused-ring (bicyclic) bond motifs is 7. The number of pyridine rings is 1. The normalized spacial score (nSPS) is 25.2. The lowest BCUT2D eigenvalue weighted by atomic mass is 9.85. The molecule has 194 valence electrons. The van der Waals surface area contributed by atoms with Crippen molar-refractivity contribution in [3.8, 4) is 5.75 Å². The van der Waals surface area contributed by atoms with E-state index < -0.39 is 28.7 Å². The highest BCUT2D eigenvalue weighted by molar-refractivity contribution is 5.97. The second-order valence-corrected chi connectivity index (χ2v) is 10.2. The van der Waals surface area contributed by atoms with E-state index >= 15 is 0 Å². The molecule has 1 unspecified atom stereocenters. The van der Waals surface area contributed by atoms with E-state index in [0.29, 0.717) is 23.2 Å². The summed E-state index contributed by atoms with van der Waals surface area (Å²) in [5.41, 5.74) is 1.05. The Labute approximate surface area is 210 Å². The number of hydrogen-bond acceptors (Lipinski definition) is 6. The molecular weight excluding hydrogens is 489 g/mol. The van der Waals surface area contributed by atoms with Crippen LogP contribution in [-0.4, -0.2) is 29.8 Å². The lowest BCUT2D eigenvalue weighted by molar-refractivity contribution is -0.172. The number of anilines is 1. The molecule has 3 heterocycles. The predicted octanol–water partition coefficient (Wildman–Crippen LogP) is 4.10. The van der Waals surface area contributed by atoms with Gasteiger partial charge in [0.2, 0.25) is 0 Å². The highest BCUT2D eigenvalue weighted by Gasteiger charge is 2.54. The number of cyclic esters (lactones) is 1. The molecule has 2 aliphatic carbocycles. The van der Waals surface area contributed by atoms with Gasteiger partial charge in [0.25, 0.3) is 5.56 Å². The highest BCUT2D eigenvalue weighted by atomic mass is 19.4. The summed E-state index contributed by atoms with van der Waals surface area (Å²) >= 11 is 0. The lowest BCUT2D eigenvalue weighted by Gasteiger charge is -2.31. The van der Waals surface area contributed by atoms with Crippen molar-refractivity contribution in [2.24, 2.45) is 0 Å². The van der Waals surface area contributed by atoms with E-state index in [2.05, 4.69) is 5.32 Å². The highest BCUT2D eigenvalue weighted by Crippen LogP contribution is 2.63. The Hall–Kier alpha value is -3.53. The van der Waals surface area contributed by atoms with Crippen LogP contribution >= 0.6 is 0 Å². The van der Waals surface area contributed by atoms with Crippen LogP contribution in [0.1, 0.15) is 60.2 Å². The van der Waals surface area contributed by atoms with Gasteiger partial charge < -0.3 is 24.5 Å². The smallest absolute Gasteiger partial charge is 0.420 e. The molecule has 2 N–H and O–H groups in total. The second-order valence-electron chi connectivity index (χ2n) is 10.2. The fourth-order valence-corrected chi connectivity index (χ4v) is 6.21. The van der Waals surface area contributed by atoms with Gasteiger partial charge in [-0.3, -0.25) is 4.79 Å². The van der Waals surface area contributed by atoms with Gasteiger partial charge in [0.15, 0.2) is 11.4 Å². The Morgan fingerprint density at radius 2 is 1.97 bits per heavy atom. The van der Waals surface area contributed by atoms with Crippen LogP contribution in [0.15, 0.2) is 28.1 Å². The van der Waals surface area contributed by atoms with Crippen molar-refractivity contribution in [2.75, 3.05) is 19.5 Å². The number of benzene rings is 1. The van der Waals surface area contributed by atoms with Gasteiger partial charge in [0.1, 0.15) is 6.61 Å². The Bertz CT molecular complexity index is 1550. The first-order valence-electron chi connectivity index (χ1n) is 12.0. The number of rotatable bonds is 3. The van der Waals surface area contributed by atoms with Crippen molar-refractivity contribution < 1.29 is 32.5 Å². The number of alkyl halides is 3. The SMILES string of the molecule is CC[C@@]1(O)C(=O)OCc2c1cc1n(c2=O)CC2=Cc3c(cc(C(F)(F)F)c(OC)c3NC)C3(C)CC3=C21. The van der Waals surface area contributed by atoms with Crippen LogP contribution in [0.3, 0.4) is 0 Å². The average molecular weight is 515 g/mol. The van der Waals surface area contributed by atoms with Crippen molar-refractivity contribution >= 4 is 23.3 Å². The molecule has 1 aromatic carbocycles. The van der Waals surface area contributed by atoms with Crippen molar-refractivity contribution in [3.05, 3.63) is 67.1 Å². The summed E-state index contributed by atoms with van der Waals surface area (Å²) in [7, 11) is 2.76. The van der Waals surface area contributed by atoms with Crippen molar-refractivity contribution in [3.63, 3.8) is 0 Å². The standard InChI is InChI=1S/C27H25F3N2O5/c1-5-26(35)16-8-19-20-12(10-32(19)23(33)14(16)11-37-24(26)34)6-13-15(25(2)9-18(20)25)7-17(27(28,29)30)22(36-4)21(13)31-3/h6-8,31,35H,5,9-11H2,1-4H3/t25?,26-/m0/s1. The summed E-state index contributed by atoms with van der Waals surface area (Å²) < 4.78 is 54.0. The quantitative estimate of drug-likeness (QED) is 0.600. The van der Waals surface area contributed by atoms with Crippen LogP contribution in [0.5, 0.6) is 5.75 Å². The topological polar surface area (TPSA) is 89.8 Å². The number of halogens is 3. The van der Waals surface area contributed by atoms with Crippen LogP contribution in [0.2, 0.25) is 0 Å². The van der Waals surface area contributed by atoms with E-state index in [0.717, 1.165) is 16.7 Å². The summed E-state index contributed by atoms with van der Waals surface area (Å²) in [5, 5.41) is 14.0. The second kappa shape index (κ2) is 7.28. The number of carbonyl (C=O) groups excluding carboxylic acids is 1. The third-order valence-corrected chi connectivity index (χ3v) is 8.31. The number of nitrogens with one attached hydrogen (secondary N) is 1. The van der Waals surface area contributed by atoms with Crippen molar-refractivity contribution in [1.29, 1.82) is 0 Å². The first kappa shape index (κ1) is 23.8. The average Bonchev–Trinajstić information content (AvgIpc) is 3.42. The molecule has 0 saturated heterocycles. The van der Waals surface area contributed by atoms with Gasteiger partial charge in [-0.05, 0) is 47.8 Å². The molecule has 7 nitrogen and oxygen atoms in total. The molecule has 2 aromatic rings. The summed E-state index contributed by atoms with van der Waals surface area (Å²) in [6.07, 6.45) is -2.24. The molecular formula is C27H25F3N2O5. The fraction of sp³-hybridized carbons (Fsp3) is 0.407. The van der Waals surface area contributed by atoms with Gasteiger partial charge in [-0.2, -0.15) is 13.2 Å². The summed E-state index contributed by atoms with van der Waals surface area (Å²) in [6, 6.07) is 2.85. The lowest BCUT2D eigenvalue weighted by Crippen LogP contribution is -2.44. The van der Waals surface area contributed by atoms with Crippen LogP contribution in [-0.2, 0) is 39.9 Å². The zero-order valence-electron chi connectivity index (χ0n) is 20.7. The van der Waals surface area contributed by atoms with E-state index in [1.807, 2.05) is 13.0 Å². The number of allylic oxidation sites excluding steroid dienone is 3. The minimum atomic E-state index is -4.61. The van der Waals surface area contributed by atoms with Crippen LogP contribution in [0, 0.1) is 0 Å². The van der Waals surface area contributed by atoms with E-state index in [9.17, 15) is 27.9 Å². The number of esters is 1. The number of ether oxygens (including phenoxy) is 2. The maximum atomic E-state index is 14.0. The fourth-order valence-electron chi connectivity index (χ4n) is 6.21. The van der Waals surface area contributed by atoms with Crippen LogP contribution in [0.4, 0.5) is 18.9 Å². The van der Waals surface area contributed by atoms with E-state index in [-0.39, 0.29) is 47.7 Å². The molecule has 0 spiro atoms. The molecule has 2 aliphatic heterocycles. The Morgan fingerprint density at radius 1 is 1.24 bits per heavy atom. The first-order chi connectivity index (χ1) is 17.4.